The number of nitrogens with one attached hydrogen (secondary N) is 1. The van der Waals surface area contributed by atoms with E-state index in [1.165, 1.54) is 4.90 Å². The minimum Gasteiger partial charge on any atom is -0.315 e. The van der Waals surface area contributed by atoms with Crippen LogP contribution in [0.1, 0.15) is 47.0 Å². The third-order valence-corrected chi connectivity index (χ3v) is 3.94. The molecule has 104 valence electrons. The highest BCUT2D eigenvalue weighted by atomic mass is 16.2. The van der Waals surface area contributed by atoms with E-state index >= 15 is 0 Å². The quantitative estimate of drug-likeness (QED) is 0.761. The molecule has 0 aliphatic carbocycles. The molecular formula is C14H26N2O2. The van der Waals surface area contributed by atoms with E-state index in [9.17, 15) is 9.59 Å². The zero-order valence-electron chi connectivity index (χ0n) is 12.2. The average molecular weight is 254 g/mol. The van der Waals surface area contributed by atoms with Crippen molar-refractivity contribution in [2.45, 2.75) is 53.0 Å². The van der Waals surface area contributed by atoms with Gasteiger partial charge < -0.3 is 5.32 Å². The van der Waals surface area contributed by atoms with Gasteiger partial charge in [-0.15, -0.1) is 0 Å². The van der Waals surface area contributed by atoms with Gasteiger partial charge in [0.2, 0.25) is 11.8 Å². The zero-order chi connectivity index (χ0) is 13.9. The zero-order valence-corrected chi connectivity index (χ0v) is 12.2. The predicted molar refractivity (Wildman–Crippen MR) is 72.0 cm³/mol. The van der Waals surface area contributed by atoms with Crippen LogP contribution in [0.2, 0.25) is 0 Å². The topological polar surface area (TPSA) is 49.4 Å². The van der Waals surface area contributed by atoms with Crippen LogP contribution in [0, 0.1) is 11.3 Å². The number of amides is 2. The van der Waals surface area contributed by atoms with Gasteiger partial charge >= 0.3 is 0 Å². The highest BCUT2D eigenvalue weighted by Crippen LogP contribution is 2.31. The van der Waals surface area contributed by atoms with Crippen molar-refractivity contribution < 1.29 is 9.59 Å². The molecule has 1 aliphatic heterocycles. The molecule has 1 aliphatic rings. The molecule has 0 radical (unpaired) electrons. The third kappa shape index (κ3) is 3.55. The van der Waals surface area contributed by atoms with Gasteiger partial charge in [-0.3, -0.25) is 14.5 Å². The van der Waals surface area contributed by atoms with E-state index in [2.05, 4.69) is 19.2 Å². The molecule has 0 aromatic carbocycles. The number of nitrogens with zero attached hydrogens (tertiary/aromatic N) is 1. The Hall–Kier alpha value is -0.900. The molecular weight excluding hydrogens is 228 g/mol. The summed E-state index contributed by atoms with van der Waals surface area (Å²) in [4.78, 5) is 25.6. The van der Waals surface area contributed by atoms with Crippen LogP contribution in [0.3, 0.4) is 0 Å². The lowest BCUT2D eigenvalue weighted by atomic mass is 9.81. The van der Waals surface area contributed by atoms with Gasteiger partial charge in [-0.25, -0.2) is 0 Å². The van der Waals surface area contributed by atoms with Crippen LogP contribution in [-0.4, -0.2) is 36.3 Å². The normalized spacial score (nSPS) is 23.1. The fraction of sp³-hybridized carbons (Fsp3) is 0.857. The molecule has 2 amide bonds. The highest BCUT2D eigenvalue weighted by Gasteiger charge is 2.38. The monoisotopic (exact) mass is 254 g/mol. The number of piperidine rings is 1. The standard InChI is InChI=1S/C14H26N2O2/c1-6-10(2)11(15-5)9-16-12(17)7-14(3,4)8-13(16)18/h10-11,15H,6-9H2,1-5H3. The summed E-state index contributed by atoms with van der Waals surface area (Å²) in [5.74, 6) is 0.394. The maximum absolute atomic E-state index is 12.1. The van der Waals surface area contributed by atoms with E-state index in [-0.39, 0.29) is 23.3 Å². The molecule has 1 rings (SSSR count). The first-order chi connectivity index (χ1) is 8.30. The average Bonchev–Trinajstić information content (AvgIpc) is 2.26. The lowest BCUT2D eigenvalue weighted by molar-refractivity contribution is -0.153. The van der Waals surface area contributed by atoms with E-state index in [1.807, 2.05) is 20.9 Å². The maximum Gasteiger partial charge on any atom is 0.229 e. The fourth-order valence-corrected chi connectivity index (χ4v) is 2.45. The Kier molecular flexibility index (Phi) is 4.91. The van der Waals surface area contributed by atoms with E-state index in [0.29, 0.717) is 25.3 Å². The van der Waals surface area contributed by atoms with Crippen molar-refractivity contribution in [3.63, 3.8) is 0 Å². The van der Waals surface area contributed by atoms with Crippen molar-refractivity contribution in [3.05, 3.63) is 0 Å². The Bertz CT molecular complexity index is 306. The molecule has 2 unspecified atom stereocenters. The molecule has 1 N–H and O–H groups in total. The molecule has 0 aromatic rings. The first-order valence-electron chi connectivity index (χ1n) is 6.81. The molecule has 4 nitrogen and oxygen atoms in total. The molecule has 1 fully saturated rings. The molecule has 1 saturated heterocycles. The third-order valence-electron chi connectivity index (χ3n) is 3.94. The van der Waals surface area contributed by atoms with Gasteiger partial charge in [-0.2, -0.15) is 0 Å². The van der Waals surface area contributed by atoms with E-state index in [4.69, 9.17) is 0 Å². The van der Waals surface area contributed by atoms with Gasteiger partial charge in [0.05, 0.1) is 0 Å². The number of rotatable bonds is 5. The fourth-order valence-electron chi connectivity index (χ4n) is 2.45. The smallest absolute Gasteiger partial charge is 0.229 e. The van der Waals surface area contributed by atoms with Crippen molar-refractivity contribution in [2.75, 3.05) is 13.6 Å². The summed E-state index contributed by atoms with van der Waals surface area (Å²) in [5.41, 5.74) is -0.184. The molecule has 0 saturated carbocycles. The highest BCUT2D eigenvalue weighted by molar-refractivity contribution is 5.98. The molecule has 0 spiro atoms. The SMILES string of the molecule is CCC(C)C(CN1C(=O)CC(C)(C)CC1=O)NC. The largest absolute Gasteiger partial charge is 0.315 e. The lowest BCUT2D eigenvalue weighted by Crippen LogP contribution is -2.52. The Labute approximate surface area is 110 Å². The van der Waals surface area contributed by atoms with Crippen molar-refractivity contribution in [1.29, 1.82) is 0 Å². The van der Waals surface area contributed by atoms with Crippen molar-refractivity contribution in [3.8, 4) is 0 Å². The number of likely N-dealkylation sites (N-methyl/N-ethyl adjacent to an activating group) is 1. The van der Waals surface area contributed by atoms with Crippen molar-refractivity contribution >= 4 is 11.8 Å². The van der Waals surface area contributed by atoms with Crippen LogP contribution in [0.15, 0.2) is 0 Å². The number of hydrogen-bond acceptors (Lipinski definition) is 3. The minimum atomic E-state index is -0.184. The number of carbonyl (C=O) groups is 2. The molecule has 0 bridgehead atoms. The second kappa shape index (κ2) is 5.83. The van der Waals surface area contributed by atoms with Gasteiger partial charge in [-0.1, -0.05) is 34.1 Å². The van der Waals surface area contributed by atoms with Gasteiger partial charge in [0.25, 0.3) is 0 Å². The Morgan fingerprint density at radius 3 is 2.17 bits per heavy atom. The van der Waals surface area contributed by atoms with E-state index in [0.717, 1.165) is 6.42 Å². The van der Waals surface area contributed by atoms with Crippen molar-refractivity contribution in [1.82, 2.24) is 10.2 Å². The van der Waals surface area contributed by atoms with Crippen molar-refractivity contribution in [2.24, 2.45) is 11.3 Å². The van der Waals surface area contributed by atoms with Crippen LogP contribution in [-0.2, 0) is 9.59 Å². The molecule has 2 atom stereocenters. The number of carbonyl (C=O) groups excluding carboxylic acids is 2. The Balaban J connectivity index is 2.72. The maximum atomic E-state index is 12.1. The molecule has 4 heteroatoms. The van der Waals surface area contributed by atoms with E-state index in [1.54, 1.807) is 0 Å². The molecule has 18 heavy (non-hydrogen) atoms. The Morgan fingerprint density at radius 2 is 1.78 bits per heavy atom. The number of likely N-dealkylation sites (tertiary alicyclic amines) is 1. The summed E-state index contributed by atoms with van der Waals surface area (Å²) in [7, 11) is 1.89. The summed E-state index contributed by atoms with van der Waals surface area (Å²) in [6.45, 7) is 8.72. The molecule has 1 heterocycles. The first-order valence-corrected chi connectivity index (χ1v) is 6.81. The summed E-state index contributed by atoms with van der Waals surface area (Å²) in [5, 5.41) is 3.22. The van der Waals surface area contributed by atoms with Crippen LogP contribution in [0.25, 0.3) is 0 Å². The van der Waals surface area contributed by atoms with Crippen LogP contribution < -0.4 is 5.32 Å². The van der Waals surface area contributed by atoms with Gasteiger partial charge in [0, 0.05) is 25.4 Å². The second-order valence-electron chi connectivity index (χ2n) is 6.20. The molecule has 0 aromatic heterocycles. The minimum absolute atomic E-state index is 0.0280. The summed E-state index contributed by atoms with van der Waals surface area (Å²) < 4.78 is 0. The predicted octanol–water partition coefficient (Wildman–Crippen LogP) is 1.80. The Morgan fingerprint density at radius 1 is 1.28 bits per heavy atom. The number of hydrogen-bond donors (Lipinski definition) is 1. The van der Waals surface area contributed by atoms with Gasteiger partial charge in [0.15, 0.2) is 0 Å². The summed E-state index contributed by atoms with van der Waals surface area (Å²) >= 11 is 0. The van der Waals surface area contributed by atoms with Crippen LogP contribution in [0.4, 0.5) is 0 Å². The second-order valence-corrected chi connectivity index (χ2v) is 6.20. The lowest BCUT2D eigenvalue weighted by Gasteiger charge is -2.37. The summed E-state index contributed by atoms with van der Waals surface area (Å²) in [6, 6.07) is 0.184. The first kappa shape index (κ1) is 15.2. The van der Waals surface area contributed by atoms with Gasteiger partial charge in [-0.05, 0) is 18.4 Å². The number of imide groups is 1. The van der Waals surface area contributed by atoms with Crippen LogP contribution >= 0.6 is 0 Å². The van der Waals surface area contributed by atoms with E-state index < -0.39 is 0 Å². The van der Waals surface area contributed by atoms with Crippen LogP contribution in [0.5, 0.6) is 0 Å². The summed E-state index contributed by atoms with van der Waals surface area (Å²) in [6.07, 6.45) is 1.97. The van der Waals surface area contributed by atoms with Gasteiger partial charge in [0.1, 0.15) is 0 Å².